The van der Waals surface area contributed by atoms with Crippen molar-refractivity contribution >= 4 is 23.0 Å². The number of halogens is 3. The number of hydrogen-bond acceptors (Lipinski definition) is 8. The molecule has 2 aromatic heterocycles. The first kappa shape index (κ1) is 23.6. The maximum absolute atomic E-state index is 12.9. The fraction of sp³-hybridized carbons (Fsp3) is 0.409. The lowest BCUT2D eigenvalue weighted by atomic mass is 10.1. The summed E-state index contributed by atoms with van der Waals surface area (Å²) >= 11 is 1.59. The summed E-state index contributed by atoms with van der Waals surface area (Å²) in [4.78, 5) is 15.3. The normalized spacial score (nSPS) is 17.3. The summed E-state index contributed by atoms with van der Waals surface area (Å²) in [5.74, 6) is -0.107. The molecule has 1 aliphatic heterocycles. The molecule has 0 saturated carbocycles. The van der Waals surface area contributed by atoms with E-state index >= 15 is 0 Å². The third-order valence-corrected chi connectivity index (χ3v) is 6.08. The number of hydrogen-bond donors (Lipinski definition) is 1. The highest BCUT2D eigenvalue weighted by molar-refractivity contribution is 7.15. The van der Waals surface area contributed by atoms with E-state index in [4.69, 9.17) is 9.47 Å². The smallest absolute Gasteiger partial charge is 0.382 e. The van der Waals surface area contributed by atoms with Gasteiger partial charge in [0, 0.05) is 38.3 Å². The predicted molar refractivity (Wildman–Crippen MR) is 119 cm³/mol. The predicted octanol–water partition coefficient (Wildman–Crippen LogP) is 4.52. The van der Waals surface area contributed by atoms with Crippen molar-refractivity contribution < 1.29 is 22.6 Å². The number of methoxy groups -OCH3 is 1. The molecule has 1 unspecified atom stereocenters. The summed E-state index contributed by atoms with van der Waals surface area (Å²) in [6.45, 7) is 5.50. The van der Waals surface area contributed by atoms with Gasteiger partial charge in [-0.1, -0.05) is 6.07 Å². The SMILES string of the molecule is COCC1CN(Cc2ncc(-c3cc(C)cc(Nc4nccc(C(F)(F)F)n4)c3)s2)CCO1. The van der Waals surface area contributed by atoms with Crippen LogP contribution < -0.4 is 5.32 Å². The lowest BCUT2D eigenvalue weighted by Crippen LogP contribution is -2.43. The first-order chi connectivity index (χ1) is 15.8. The van der Waals surface area contributed by atoms with E-state index in [1.165, 1.54) is 0 Å². The van der Waals surface area contributed by atoms with Crippen molar-refractivity contribution in [1.82, 2.24) is 19.9 Å². The molecule has 1 atom stereocenters. The Balaban J connectivity index is 1.48. The van der Waals surface area contributed by atoms with Gasteiger partial charge in [-0.15, -0.1) is 11.3 Å². The quantitative estimate of drug-likeness (QED) is 0.534. The van der Waals surface area contributed by atoms with E-state index in [-0.39, 0.29) is 12.1 Å². The molecule has 1 aromatic carbocycles. The monoisotopic (exact) mass is 479 g/mol. The van der Waals surface area contributed by atoms with Gasteiger partial charge < -0.3 is 14.8 Å². The second kappa shape index (κ2) is 10.1. The average Bonchev–Trinajstić information content (AvgIpc) is 3.22. The third-order valence-electron chi connectivity index (χ3n) is 5.05. The Labute approximate surface area is 193 Å². The topological polar surface area (TPSA) is 72.4 Å². The maximum atomic E-state index is 12.9. The van der Waals surface area contributed by atoms with Crippen molar-refractivity contribution in [1.29, 1.82) is 0 Å². The molecule has 1 saturated heterocycles. The van der Waals surface area contributed by atoms with Gasteiger partial charge >= 0.3 is 6.18 Å². The van der Waals surface area contributed by atoms with Crippen molar-refractivity contribution in [2.45, 2.75) is 25.7 Å². The van der Waals surface area contributed by atoms with Gasteiger partial charge in [0.1, 0.15) is 10.7 Å². The van der Waals surface area contributed by atoms with Crippen LogP contribution in [0.2, 0.25) is 0 Å². The van der Waals surface area contributed by atoms with E-state index < -0.39 is 11.9 Å². The van der Waals surface area contributed by atoms with Gasteiger partial charge in [0.2, 0.25) is 5.95 Å². The highest BCUT2D eigenvalue weighted by Crippen LogP contribution is 2.32. The molecule has 11 heteroatoms. The number of aromatic nitrogens is 3. The molecule has 1 fully saturated rings. The van der Waals surface area contributed by atoms with Crippen LogP contribution in [-0.4, -0.2) is 59.4 Å². The van der Waals surface area contributed by atoms with Crippen LogP contribution in [-0.2, 0) is 22.2 Å². The van der Waals surface area contributed by atoms with E-state index in [2.05, 4.69) is 25.2 Å². The molecule has 3 heterocycles. The minimum atomic E-state index is -4.53. The van der Waals surface area contributed by atoms with E-state index in [9.17, 15) is 13.2 Å². The van der Waals surface area contributed by atoms with Crippen LogP contribution in [0.5, 0.6) is 0 Å². The minimum absolute atomic E-state index is 0.0617. The number of benzene rings is 1. The summed E-state index contributed by atoms with van der Waals surface area (Å²) in [5.41, 5.74) is 1.49. The lowest BCUT2D eigenvalue weighted by molar-refractivity contribution is -0.141. The van der Waals surface area contributed by atoms with Crippen molar-refractivity contribution in [3.8, 4) is 10.4 Å². The number of alkyl halides is 3. The van der Waals surface area contributed by atoms with Gasteiger partial charge in [0.15, 0.2) is 0 Å². The van der Waals surface area contributed by atoms with Gasteiger partial charge in [-0.25, -0.2) is 15.0 Å². The van der Waals surface area contributed by atoms with E-state index in [1.54, 1.807) is 18.4 Å². The first-order valence-electron chi connectivity index (χ1n) is 10.4. The highest BCUT2D eigenvalue weighted by Gasteiger charge is 2.32. The number of aryl methyl sites for hydroxylation is 1. The summed E-state index contributed by atoms with van der Waals surface area (Å²) in [6.07, 6.45) is -1.55. The molecule has 176 valence electrons. The molecule has 3 aromatic rings. The van der Waals surface area contributed by atoms with Crippen LogP contribution in [0, 0.1) is 6.92 Å². The number of nitrogens with one attached hydrogen (secondary N) is 1. The molecule has 1 aliphatic rings. The number of anilines is 2. The summed E-state index contributed by atoms with van der Waals surface area (Å²) in [5, 5.41) is 3.87. The van der Waals surface area contributed by atoms with Crippen molar-refractivity contribution in [3.63, 3.8) is 0 Å². The van der Waals surface area contributed by atoms with E-state index in [1.807, 2.05) is 31.3 Å². The molecule has 0 aliphatic carbocycles. The van der Waals surface area contributed by atoms with Crippen LogP contribution in [0.4, 0.5) is 24.8 Å². The molecule has 0 radical (unpaired) electrons. The highest BCUT2D eigenvalue weighted by atomic mass is 32.1. The summed E-state index contributed by atoms with van der Waals surface area (Å²) in [7, 11) is 1.67. The van der Waals surface area contributed by atoms with Gasteiger partial charge in [-0.3, -0.25) is 4.90 Å². The average molecular weight is 480 g/mol. The number of rotatable bonds is 7. The van der Waals surface area contributed by atoms with Gasteiger partial charge in [-0.05, 0) is 36.2 Å². The van der Waals surface area contributed by atoms with E-state index in [0.29, 0.717) is 18.9 Å². The van der Waals surface area contributed by atoms with Gasteiger partial charge in [0.25, 0.3) is 0 Å². The molecule has 1 N–H and O–H groups in total. The van der Waals surface area contributed by atoms with Crippen LogP contribution >= 0.6 is 11.3 Å². The zero-order chi connectivity index (χ0) is 23.4. The minimum Gasteiger partial charge on any atom is -0.382 e. The Hall–Kier alpha value is -2.60. The van der Waals surface area contributed by atoms with Gasteiger partial charge in [-0.2, -0.15) is 13.2 Å². The maximum Gasteiger partial charge on any atom is 0.433 e. The molecule has 7 nitrogen and oxygen atoms in total. The number of thiazole rings is 1. The number of ether oxygens (including phenoxy) is 2. The fourth-order valence-electron chi connectivity index (χ4n) is 3.62. The Kier molecular flexibility index (Phi) is 7.23. The molecular formula is C22H24F3N5O2S. The zero-order valence-corrected chi connectivity index (χ0v) is 19.0. The molecule has 0 amide bonds. The summed E-state index contributed by atoms with van der Waals surface area (Å²) in [6, 6.07) is 6.55. The first-order valence-corrected chi connectivity index (χ1v) is 11.2. The van der Waals surface area contributed by atoms with Crippen LogP contribution in [0.25, 0.3) is 10.4 Å². The summed E-state index contributed by atoms with van der Waals surface area (Å²) < 4.78 is 49.7. The second-order valence-corrected chi connectivity index (χ2v) is 8.89. The molecule has 0 bridgehead atoms. The van der Waals surface area contributed by atoms with Crippen LogP contribution in [0.15, 0.2) is 36.7 Å². The number of morpholine rings is 1. The Morgan fingerprint density at radius 3 is 2.91 bits per heavy atom. The Bertz CT molecular complexity index is 1090. The standard InChI is InChI=1S/C22H24F3N5O2S/c1-14-7-15(9-16(8-14)28-21-26-4-3-19(29-21)22(23,24)25)18-10-27-20(33-18)12-30-5-6-32-17(11-30)13-31-2/h3-4,7-10,17H,5-6,11-13H2,1-2H3,(H,26,28,29). The Morgan fingerprint density at radius 1 is 1.27 bits per heavy atom. The lowest BCUT2D eigenvalue weighted by Gasteiger charge is -2.31. The molecule has 33 heavy (non-hydrogen) atoms. The second-order valence-electron chi connectivity index (χ2n) is 7.78. The fourth-order valence-corrected chi connectivity index (χ4v) is 4.57. The molecule has 0 spiro atoms. The van der Waals surface area contributed by atoms with Gasteiger partial charge in [0.05, 0.1) is 30.7 Å². The third kappa shape index (κ3) is 6.26. The van der Waals surface area contributed by atoms with Crippen LogP contribution in [0.3, 0.4) is 0 Å². The van der Waals surface area contributed by atoms with Crippen molar-refractivity contribution in [2.75, 3.05) is 38.7 Å². The zero-order valence-electron chi connectivity index (χ0n) is 18.2. The van der Waals surface area contributed by atoms with Crippen LogP contribution in [0.1, 0.15) is 16.3 Å². The Morgan fingerprint density at radius 2 is 2.12 bits per heavy atom. The number of nitrogens with zero attached hydrogens (tertiary/aromatic N) is 4. The molecular weight excluding hydrogens is 455 g/mol. The van der Waals surface area contributed by atoms with Crippen molar-refractivity contribution in [2.24, 2.45) is 0 Å². The molecule has 4 rings (SSSR count). The van der Waals surface area contributed by atoms with Crippen molar-refractivity contribution in [3.05, 3.63) is 52.9 Å². The largest absolute Gasteiger partial charge is 0.433 e. The van der Waals surface area contributed by atoms with E-state index in [0.717, 1.165) is 52.9 Å².